The second-order valence-electron chi connectivity index (χ2n) is 4.54. The number of aromatic nitrogens is 1. The Balaban J connectivity index is 2.02. The van der Waals surface area contributed by atoms with Crippen molar-refractivity contribution in [2.45, 2.75) is 32.5 Å². The highest BCUT2D eigenvalue weighted by Crippen LogP contribution is 2.12. The number of halogens is 1. The molecule has 0 bridgehead atoms. The Labute approximate surface area is 102 Å². The summed E-state index contributed by atoms with van der Waals surface area (Å²) in [7, 11) is 0. The zero-order valence-electron chi connectivity index (χ0n) is 9.78. The third kappa shape index (κ3) is 2.94. The predicted molar refractivity (Wildman–Crippen MR) is 66.6 cm³/mol. The Bertz CT molecular complexity index is 356. The van der Waals surface area contributed by atoms with Gasteiger partial charge in [-0.1, -0.05) is 17.7 Å². The molecule has 0 radical (unpaired) electrons. The minimum atomic E-state index is 0.551. The molecule has 1 aliphatic rings. The molecule has 1 N–H and O–H groups in total. The van der Waals surface area contributed by atoms with Crippen molar-refractivity contribution in [2.24, 2.45) is 0 Å². The molecule has 0 aliphatic carbocycles. The zero-order chi connectivity index (χ0) is 11.5. The van der Waals surface area contributed by atoms with Crippen LogP contribution in [-0.2, 0) is 6.54 Å². The van der Waals surface area contributed by atoms with Gasteiger partial charge >= 0.3 is 0 Å². The number of piperazine rings is 1. The van der Waals surface area contributed by atoms with E-state index < -0.39 is 0 Å². The fourth-order valence-electron chi connectivity index (χ4n) is 2.06. The summed E-state index contributed by atoms with van der Waals surface area (Å²) in [5.74, 6) is 0. The lowest BCUT2D eigenvalue weighted by atomic mass is 10.1. The highest BCUT2D eigenvalue weighted by molar-refractivity contribution is 6.29. The average molecular weight is 240 g/mol. The van der Waals surface area contributed by atoms with Gasteiger partial charge in [-0.05, 0) is 26.0 Å². The molecule has 2 heterocycles. The van der Waals surface area contributed by atoms with E-state index >= 15 is 0 Å². The monoisotopic (exact) mass is 239 g/mol. The fraction of sp³-hybridized carbons (Fsp3) is 0.583. The Morgan fingerprint density at radius 2 is 2.31 bits per heavy atom. The number of pyridine rings is 1. The summed E-state index contributed by atoms with van der Waals surface area (Å²) in [4.78, 5) is 6.77. The molecule has 0 amide bonds. The molecule has 0 aromatic carbocycles. The summed E-state index contributed by atoms with van der Waals surface area (Å²) in [6.07, 6.45) is 0. The van der Waals surface area contributed by atoms with Crippen LogP contribution in [-0.4, -0.2) is 35.1 Å². The van der Waals surface area contributed by atoms with Crippen LogP contribution < -0.4 is 5.32 Å². The van der Waals surface area contributed by atoms with Gasteiger partial charge in [0.15, 0.2) is 0 Å². The van der Waals surface area contributed by atoms with Crippen LogP contribution in [0.4, 0.5) is 0 Å². The highest BCUT2D eigenvalue weighted by Gasteiger charge is 2.22. The smallest absolute Gasteiger partial charge is 0.129 e. The Hall–Kier alpha value is -0.640. The van der Waals surface area contributed by atoms with Crippen molar-refractivity contribution in [1.82, 2.24) is 15.2 Å². The summed E-state index contributed by atoms with van der Waals surface area (Å²) in [6, 6.07) is 6.91. The lowest BCUT2D eigenvalue weighted by Gasteiger charge is -2.37. The third-order valence-electron chi connectivity index (χ3n) is 3.03. The van der Waals surface area contributed by atoms with Crippen LogP contribution >= 0.6 is 11.6 Å². The Morgan fingerprint density at radius 3 is 3.06 bits per heavy atom. The summed E-state index contributed by atoms with van der Waals surface area (Å²) in [5, 5.41) is 4.05. The number of hydrogen-bond acceptors (Lipinski definition) is 3. The SMILES string of the molecule is CC1CN(Cc2cccc(Cl)n2)C(C)CN1. The van der Waals surface area contributed by atoms with E-state index in [1.165, 1.54) is 0 Å². The van der Waals surface area contributed by atoms with Crippen LogP contribution in [0.25, 0.3) is 0 Å². The molecule has 2 rings (SSSR count). The first-order chi connectivity index (χ1) is 7.65. The number of rotatable bonds is 2. The van der Waals surface area contributed by atoms with Crippen LogP contribution in [0.5, 0.6) is 0 Å². The van der Waals surface area contributed by atoms with Crippen molar-refractivity contribution in [2.75, 3.05) is 13.1 Å². The van der Waals surface area contributed by atoms with Gasteiger partial charge < -0.3 is 5.32 Å². The van der Waals surface area contributed by atoms with E-state index in [2.05, 4.69) is 29.0 Å². The van der Waals surface area contributed by atoms with E-state index in [1.807, 2.05) is 18.2 Å². The molecule has 16 heavy (non-hydrogen) atoms. The van der Waals surface area contributed by atoms with Gasteiger partial charge in [0.05, 0.1) is 5.69 Å². The Morgan fingerprint density at radius 1 is 1.50 bits per heavy atom. The van der Waals surface area contributed by atoms with Crippen LogP contribution in [0, 0.1) is 0 Å². The van der Waals surface area contributed by atoms with Crippen molar-refractivity contribution in [3.8, 4) is 0 Å². The lowest BCUT2D eigenvalue weighted by Crippen LogP contribution is -2.53. The molecule has 1 fully saturated rings. The summed E-state index contributed by atoms with van der Waals surface area (Å²) >= 11 is 5.89. The molecular weight excluding hydrogens is 222 g/mol. The second kappa shape index (κ2) is 5.13. The van der Waals surface area contributed by atoms with Gasteiger partial charge in [-0.15, -0.1) is 0 Å². The van der Waals surface area contributed by atoms with Gasteiger partial charge in [0.1, 0.15) is 5.15 Å². The summed E-state index contributed by atoms with van der Waals surface area (Å²) < 4.78 is 0. The molecule has 1 aromatic rings. The third-order valence-corrected chi connectivity index (χ3v) is 3.24. The van der Waals surface area contributed by atoms with E-state index in [1.54, 1.807) is 0 Å². The number of nitrogens with one attached hydrogen (secondary N) is 1. The maximum atomic E-state index is 5.89. The van der Waals surface area contributed by atoms with Gasteiger partial charge in [0.2, 0.25) is 0 Å². The normalized spacial score (nSPS) is 26.9. The average Bonchev–Trinajstić information content (AvgIpc) is 2.24. The van der Waals surface area contributed by atoms with Gasteiger partial charge in [-0.2, -0.15) is 0 Å². The first kappa shape index (κ1) is 11.8. The second-order valence-corrected chi connectivity index (χ2v) is 4.93. The first-order valence-electron chi connectivity index (χ1n) is 5.74. The molecule has 4 heteroatoms. The van der Waals surface area contributed by atoms with Gasteiger partial charge in [-0.25, -0.2) is 4.98 Å². The van der Waals surface area contributed by atoms with Crippen LogP contribution in [0.2, 0.25) is 5.15 Å². The zero-order valence-corrected chi connectivity index (χ0v) is 10.5. The minimum absolute atomic E-state index is 0.551. The number of nitrogens with zero attached hydrogens (tertiary/aromatic N) is 2. The minimum Gasteiger partial charge on any atom is -0.311 e. The maximum absolute atomic E-state index is 5.89. The van der Waals surface area contributed by atoms with Gasteiger partial charge in [-0.3, -0.25) is 4.90 Å². The predicted octanol–water partition coefficient (Wildman–Crippen LogP) is 1.92. The standard InChI is InChI=1S/C12H18ClN3/c1-9-7-16(10(2)6-14-9)8-11-4-3-5-12(13)15-11/h3-5,9-10,14H,6-8H2,1-2H3. The van der Waals surface area contributed by atoms with E-state index in [-0.39, 0.29) is 0 Å². The van der Waals surface area contributed by atoms with Crippen molar-refractivity contribution < 1.29 is 0 Å². The van der Waals surface area contributed by atoms with Crippen LogP contribution in [0.1, 0.15) is 19.5 Å². The van der Waals surface area contributed by atoms with Crippen LogP contribution in [0.3, 0.4) is 0 Å². The van der Waals surface area contributed by atoms with Crippen LogP contribution in [0.15, 0.2) is 18.2 Å². The molecule has 1 saturated heterocycles. The van der Waals surface area contributed by atoms with Crippen molar-refractivity contribution in [1.29, 1.82) is 0 Å². The van der Waals surface area contributed by atoms with Crippen molar-refractivity contribution in [3.05, 3.63) is 29.0 Å². The molecule has 2 unspecified atom stereocenters. The molecule has 0 spiro atoms. The van der Waals surface area contributed by atoms with E-state index in [0.29, 0.717) is 17.2 Å². The topological polar surface area (TPSA) is 28.2 Å². The quantitative estimate of drug-likeness (QED) is 0.800. The van der Waals surface area contributed by atoms with E-state index in [9.17, 15) is 0 Å². The first-order valence-corrected chi connectivity index (χ1v) is 6.12. The molecule has 2 atom stereocenters. The number of hydrogen-bond donors (Lipinski definition) is 1. The maximum Gasteiger partial charge on any atom is 0.129 e. The molecule has 1 aliphatic heterocycles. The van der Waals surface area contributed by atoms with Gasteiger partial charge in [0.25, 0.3) is 0 Å². The van der Waals surface area contributed by atoms with Crippen molar-refractivity contribution >= 4 is 11.6 Å². The summed E-state index contributed by atoms with van der Waals surface area (Å²) in [5.41, 5.74) is 1.05. The molecule has 1 aromatic heterocycles. The largest absolute Gasteiger partial charge is 0.311 e. The molecule has 3 nitrogen and oxygen atoms in total. The lowest BCUT2D eigenvalue weighted by molar-refractivity contribution is 0.137. The van der Waals surface area contributed by atoms with E-state index in [0.717, 1.165) is 25.3 Å². The van der Waals surface area contributed by atoms with Crippen molar-refractivity contribution in [3.63, 3.8) is 0 Å². The van der Waals surface area contributed by atoms with Gasteiger partial charge in [0, 0.05) is 31.7 Å². The Kier molecular flexibility index (Phi) is 3.79. The fourth-order valence-corrected chi connectivity index (χ4v) is 2.25. The summed E-state index contributed by atoms with van der Waals surface area (Å²) in [6.45, 7) is 7.44. The molecule has 88 valence electrons. The van der Waals surface area contributed by atoms with E-state index in [4.69, 9.17) is 11.6 Å². The molecule has 0 saturated carbocycles. The molecular formula is C12H18ClN3. The highest BCUT2D eigenvalue weighted by atomic mass is 35.5.